The molecule has 19 heavy (non-hydrogen) atoms. The number of carbonyl (C=O) groups excluding carboxylic acids is 1. The van der Waals surface area contributed by atoms with Crippen molar-refractivity contribution < 1.29 is 28.6 Å². The van der Waals surface area contributed by atoms with E-state index in [-0.39, 0.29) is 13.0 Å². The van der Waals surface area contributed by atoms with Crippen LogP contribution in [0.3, 0.4) is 0 Å². The van der Waals surface area contributed by atoms with Crippen LogP contribution in [-0.4, -0.2) is 59.3 Å². The van der Waals surface area contributed by atoms with Crippen LogP contribution in [0.4, 0.5) is 13.6 Å². The number of alkyl halides is 2. The number of carboxylic acid groups (broad SMARTS) is 1. The number of aliphatic hydroxyl groups is 1. The third kappa shape index (κ3) is 7.55. The molecule has 0 aromatic rings. The van der Waals surface area contributed by atoms with Gasteiger partial charge in [-0.3, -0.25) is 0 Å². The Morgan fingerprint density at radius 1 is 1.37 bits per heavy atom. The van der Waals surface area contributed by atoms with E-state index in [1.165, 1.54) is 0 Å². The summed E-state index contributed by atoms with van der Waals surface area (Å²) in [6.45, 7) is 0.297. The van der Waals surface area contributed by atoms with Gasteiger partial charge in [-0.15, -0.1) is 0 Å². The topological polar surface area (TPSA) is 89.9 Å². The van der Waals surface area contributed by atoms with Crippen molar-refractivity contribution in [2.24, 2.45) is 0 Å². The Morgan fingerprint density at radius 2 is 2.00 bits per heavy atom. The van der Waals surface area contributed by atoms with Crippen molar-refractivity contribution in [1.29, 1.82) is 0 Å². The number of hydrogen-bond donors (Lipinski definition) is 3. The van der Waals surface area contributed by atoms with Crippen molar-refractivity contribution in [3.05, 3.63) is 0 Å². The lowest BCUT2D eigenvalue weighted by Gasteiger charge is -2.24. The first-order valence-corrected chi connectivity index (χ1v) is 6.09. The van der Waals surface area contributed by atoms with Gasteiger partial charge in [0.1, 0.15) is 6.04 Å². The summed E-state index contributed by atoms with van der Waals surface area (Å²) in [5, 5.41) is 19.8. The third-order valence-electron chi connectivity index (χ3n) is 2.46. The second kappa shape index (κ2) is 9.48. The van der Waals surface area contributed by atoms with Crippen LogP contribution < -0.4 is 5.32 Å². The molecule has 0 aliphatic rings. The van der Waals surface area contributed by atoms with Crippen molar-refractivity contribution >= 4 is 12.0 Å². The lowest BCUT2D eigenvalue weighted by atomic mass is 10.1. The molecule has 0 rings (SSSR count). The highest BCUT2D eigenvalue weighted by Crippen LogP contribution is 2.04. The number of carboxylic acids is 1. The molecular weight excluding hydrogens is 262 g/mol. The Hall–Kier alpha value is -1.44. The minimum Gasteiger partial charge on any atom is -0.480 e. The number of urea groups is 1. The quantitative estimate of drug-likeness (QED) is 0.586. The lowest BCUT2D eigenvalue weighted by molar-refractivity contribution is -0.139. The van der Waals surface area contributed by atoms with Crippen LogP contribution in [0.25, 0.3) is 0 Å². The van der Waals surface area contributed by atoms with Crippen LogP contribution in [0.5, 0.6) is 0 Å². The number of unbranched alkanes of at least 4 members (excludes halogenated alkanes) is 1. The minimum absolute atomic E-state index is 0.235. The molecule has 8 heteroatoms. The zero-order valence-corrected chi connectivity index (χ0v) is 10.8. The predicted octanol–water partition coefficient (Wildman–Crippen LogP) is 0.899. The molecule has 0 saturated heterocycles. The van der Waals surface area contributed by atoms with Crippen LogP contribution in [0.2, 0.25) is 0 Å². The summed E-state index contributed by atoms with van der Waals surface area (Å²) in [5.74, 6) is -1.21. The normalized spacial score (nSPS) is 12.3. The van der Waals surface area contributed by atoms with Gasteiger partial charge in [-0.2, -0.15) is 0 Å². The molecule has 0 aliphatic heterocycles. The van der Waals surface area contributed by atoms with E-state index in [2.05, 4.69) is 5.32 Å². The van der Waals surface area contributed by atoms with E-state index in [1.54, 1.807) is 0 Å². The van der Waals surface area contributed by atoms with Crippen molar-refractivity contribution in [1.82, 2.24) is 10.2 Å². The van der Waals surface area contributed by atoms with Gasteiger partial charge in [0, 0.05) is 6.54 Å². The maximum absolute atomic E-state index is 12.2. The zero-order valence-electron chi connectivity index (χ0n) is 10.8. The van der Waals surface area contributed by atoms with Crippen LogP contribution in [-0.2, 0) is 4.79 Å². The van der Waals surface area contributed by atoms with E-state index >= 15 is 0 Å². The van der Waals surface area contributed by atoms with E-state index in [4.69, 9.17) is 10.2 Å². The number of aliphatic hydroxyl groups excluding tert-OH is 1. The second-order valence-electron chi connectivity index (χ2n) is 4.04. The lowest BCUT2D eigenvalue weighted by Crippen LogP contribution is -2.50. The molecule has 0 aromatic heterocycles. The highest BCUT2D eigenvalue weighted by atomic mass is 19.3. The van der Waals surface area contributed by atoms with Crippen molar-refractivity contribution in [2.45, 2.75) is 38.7 Å². The van der Waals surface area contributed by atoms with Crippen molar-refractivity contribution in [3.8, 4) is 0 Å². The van der Waals surface area contributed by atoms with Gasteiger partial charge >= 0.3 is 12.0 Å². The monoisotopic (exact) mass is 282 g/mol. The van der Waals surface area contributed by atoms with Crippen LogP contribution in [0, 0.1) is 0 Å². The van der Waals surface area contributed by atoms with Crippen LogP contribution in [0.15, 0.2) is 0 Å². The first kappa shape index (κ1) is 17.6. The van der Waals surface area contributed by atoms with Gasteiger partial charge in [0.2, 0.25) is 0 Å². The van der Waals surface area contributed by atoms with Crippen molar-refractivity contribution in [3.63, 3.8) is 0 Å². The van der Waals surface area contributed by atoms with Crippen LogP contribution in [0.1, 0.15) is 26.2 Å². The van der Waals surface area contributed by atoms with Gasteiger partial charge < -0.3 is 20.4 Å². The largest absolute Gasteiger partial charge is 0.480 e. The molecule has 0 bridgehead atoms. The first-order valence-electron chi connectivity index (χ1n) is 6.09. The summed E-state index contributed by atoms with van der Waals surface area (Å²) in [4.78, 5) is 23.3. The summed E-state index contributed by atoms with van der Waals surface area (Å²) in [5.41, 5.74) is 0. The highest BCUT2D eigenvalue weighted by Gasteiger charge is 2.24. The zero-order chi connectivity index (χ0) is 14.8. The average molecular weight is 282 g/mol. The number of carbonyl (C=O) groups is 2. The molecule has 0 spiro atoms. The van der Waals surface area contributed by atoms with Crippen LogP contribution >= 0.6 is 0 Å². The number of nitrogens with zero attached hydrogens (tertiary/aromatic N) is 1. The molecule has 112 valence electrons. The Balaban J connectivity index is 4.51. The number of rotatable bonds is 9. The molecule has 2 amide bonds. The standard InChI is InChI=1S/C11H20F2N2O4/c1-2-3-4-8(10(17)18)14-11(19)15(5-6-16)7-9(12)13/h8-9,16H,2-7H2,1H3,(H,14,19)(H,17,18). The smallest absolute Gasteiger partial charge is 0.326 e. The maximum atomic E-state index is 12.2. The van der Waals surface area contributed by atoms with Gasteiger partial charge in [-0.05, 0) is 6.42 Å². The highest BCUT2D eigenvalue weighted by molar-refractivity contribution is 5.82. The Kier molecular flexibility index (Phi) is 8.77. The number of nitrogens with one attached hydrogen (secondary N) is 1. The average Bonchev–Trinajstić information content (AvgIpc) is 2.32. The van der Waals surface area contributed by atoms with Crippen molar-refractivity contribution in [2.75, 3.05) is 19.7 Å². The van der Waals surface area contributed by atoms with Gasteiger partial charge in [0.05, 0.1) is 13.2 Å². The predicted molar refractivity (Wildman–Crippen MR) is 64.1 cm³/mol. The second-order valence-corrected chi connectivity index (χ2v) is 4.04. The molecule has 3 N–H and O–H groups in total. The Morgan fingerprint density at radius 3 is 2.42 bits per heavy atom. The number of amides is 2. The first-order chi connectivity index (χ1) is 8.92. The molecule has 0 heterocycles. The number of hydrogen-bond acceptors (Lipinski definition) is 3. The molecule has 0 radical (unpaired) electrons. The van der Waals surface area contributed by atoms with Gasteiger partial charge in [-0.1, -0.05) is 19.8 Å². The molecule has 6 nitrogen and oxygen atoms in total. The molecular formula is C11H20F2N2O4. The van der Waals surface area contributed by atoms with E-state index < -0.39 is 37.6 Å². The number of aliphatic carboxylic acids is 1. The Labute approximate surface area is 110 Å². The Bertz CT molecular complexity index is 290. The third-order valence-corrected chi connectivity index (χ3v) is 2.46. The summed E-state index contributed by atoms with van der Waals surface area (Å²) in [6.07, 6.45) is -1.14. The molecule has 0 fully saturated rings. The fourth-order valence-electron chi connectivity index (χ4n) is 1.47. The summed E-state index contributed by atoms with van der Waals surface area (Å²) >= 11 is 0. The molecule has 0 saturated carbocycles. The summed E-state index contributed by atoms with van der Waals surface area (Å²) in [6, 6.07) is -2.01. The van der Waals surface area contributed by atoms with Gasteiger partial charge in [-0.25, -0.2) is 18.4 Å². The van der Waals surface area contributed by atoms with Gasteiger partial charge in [0.25, 0.3) is 6.43 Å². The summed E-state index contributed by atoms with van der Waals surface area (Å²) in [7, 11) is 0. The molecule has 1 atom stereocenters. The minimum atomic E-state index is -2.74. The SMILES string of the molecule is CCCCC(NC(=O)N(CCO)CC(F)F)C(=O)O. The maximum Gasteiger partial charge on any atom is 0.326 e. The van der Waals surface area contributed by atoms with E-state index in [0.717, 1.165) is 6.42 Å². The molecule has 1 unspecified atom stereocenters. The molecule has 0 aliphatic carbocycles. The summed E-state index contributed by atoms with van der Waals surface area (Å²) < 4.78 is 24.5. The van der Waals surface area contributed by atoms with E-state index in [0.29, 0.717) is 11.3 Å². The fraction of sp³-hybridized carbons (Fsp3) is 0.818. The van der Waals surface area contributed by atoms with E-state index in [1.807, 2.05) is 6.92 Å². The van der Waals surface area contributed by atoms with E-state index in [9.17, 15) is 18.4 Å². The number of halogens is 2. The fourth-order valence-corrected chi connectivity index (χ4v) is 1.47. The molecule has 0 aromatic carbocycles. The van der Waals surface area contributed by atoms with Gasteiger partial charge in [0.15, 0.2) is 0 Å².